The number of hydrogen-bond donors (Lipinski definition) is 2. The van der Waals surface area contributed by atoms with Gasteiger partial charge in [0, 0.05) is 24.5 Å². The Bertz CT molecular complexity index is 736. The first-order valence-electron chi connectivity index (χ1n) is 9.61. The smallest absolute Gasteiger partial charge is 0.234 e. The summed E-state index contributed by atoms with van der Waals surface area (Å²) in [5, 5.41) is 8.62. The summed E-state index contributed by atoms with van der Waals surface area (Å²) in [5.74, 6) is 0.896. The molecule has 0 spiro atoms. The molecule has 1 aliphatic heterocycles. The minimum absolute atomic E-state index is 0. The average Bonchev–Trinajstić information content (AvgIpc) is 3.37. The van der Waals surface area contributed by atoms with Crippen LogP contribution < -0.4 is 10.6 Å². The van der Waals surface area contributed by atoms with Gasteiger partial charge in [-0.3, -0.25) is 9.69 Å². The third-order valence-electron chi connectivity index (χ3n) is 5.37. The lowest BCUT2D eigenvalue weighted by molar-refractivity contribution is -0.120. The average molecular weight is 442 g/mol. The Balaban J connectivity index is 0.00000140. The van der Waals surface area contributed by atoms with Crippen LogP contribution in [0.15, 0.2) is 41.8 Å². The third-order valence-corrected chi connectivity index (χ3v) is 6.39. The summed E-state index contributed by atoms with van der Waals surface area (Å²) in [6.07, 6.45) is 3.72. The molecule has 1 aromatic carbocycles. The molecule has 7 heteroatoms. The maximum Gasteiger partial charge on any atom is 0.234 e. The molecule has 1 saturated carbocycles. The summed E-state index contributed by atoms with van der Waals surface area (Å²) in [6.45, 7) is 4.07. The quantitative estimate of drug-likeness (QED) is 0.654. The molecule has 4 nitrogen and oxygen atoms in total. The highest BCUT2D eigenvalue weighted by Crippen LogP contribution is 2.30. The van der Waals surface area contributed by atoms with E-state index in [1.54, 1.807) is 0 Å². The number of benzene rings is 1. The minimum Gasteiger partial charge on any atom is -0.353 e. The lowest BCUT2D eigenvalue weighted by Crippen LogP contribution is -2.42. The van der Waals surface area contributed by atoms with Crippen LogP contribution in [0.25, 0.3) is 0 Å². The molecule has 154 valence electrons. The summed E-state index contributed by atoms with van der Waals surface area (Å²) in [5.41, 5.74) is 2.72. The summed E-state index contributed by atoms with van der Waals surface area (Å²) in [7, 11) is 0. The van der Waals surface area contributed by atoms with Crippen LogP contribution in [0, 0.1) is 5.92 Å². The van der Waals surface area contributed by atoms with Gasteiger partial charge < -0.3 is 10.6 Å². The fourth-order valence-corrected chi connectivity index (χ4v) is 4.54. The predicted molar refractivity (Wildman–Crippen MR) is 121 cm³/mol. The third kappa shape index (κ3) is 6.19. The van der Waals surface area contributed by atoms with E-state index in [-0.39, 0.29) is 36.8 Å². The summed E-state index contributed by atoms with van der Waals surface area (Å²) < 4.78 is 0. The van der Waals surface area contributed by atoms with Crippen molar-refractivity contribution in [3.05, 3.63) is 57.8 Å². The van der Waals surface area contributed by atoms with Crippen molar-refractivity contribution in [1.29, 1.82) is 0 Å². The monoisotopic (exact) mass is 441 g/mol. The standard InChI is InChI=1S/C21H27N3OS.2ClH/c25-21(14-22-12-16-6-7-16)23-13-19(17-4-2-1-3-5-17)24-10-8-20-18(15-24)9-11-26-20;;/h1-5,9,11,16,19,22H,6-8,10,12-15H2,(H,23,25);2*1H. The van der Waals surface area contributed by atoms with Crippen molar-refractivity contribution in [2.75, 3.05) is 26.2 Å². The number of fused-ring (bicyclic) bond motifs is 1. The van der Waals surface area contributed by atoms with Gasteiger partial charge in [0.15, 0.2) is 0 Å². The molecule has 2 N–H and O–H groups in total. The zero-order valence-electron chi connectivity index (χ0n) is 15.9. The van der Waals surface area contributed by atoms with Crippen molar-refractivity contribution in [1.82, 2.24) is 15.5 Å². The Kier molecular flexibility index (Phi) is 9.25. The van der Waals surface area contributed by atoms with Gasteiger partial charge in [-0.05, 0) is 54.3 Å². The Morgan fingerprint density at radius 1 is 1.18 bits per heavy atom. The Morgan fingerprint density at radius 2 is 1.96 bits per heavy atom. The van der Waals surface area contributed by atoms with Gasteiger partial charge in [-0.25, -0.2) is 0 Å². The van der Waals surface area contributed by atoms with Crippen molar-refractivity contribution in [2.24, 2.45) is 5.92 Å². The van der Waals surface area contributed by atoms with E-state index >= 15 is 0 Å². The van der Waals surface area contributed by atoms with Gasteiger partial charge in [0.2, 0.25) is 5.91 Å². The molecule has 2 aromatic rings. The van der Waals surface area contributed by atoms with Gasteiger partial charge in [0.25, 0.3) is 0 Å². The van der Waals surface area contributed by atoms with Crippen LogP contribution in [0.2, 0.25) is 0 Å². The SMILES string of the molecule is Cl.Cl.O=C(CNCC1CC1)NCC(c1ccccc1)N1CCc2sccc2C1. The molecule has 1 unspecified atom stereocenters. The van der Waals surface area contributed by atoms with Crippen molar-refractivity contribution < 1.29 is 4.79 Å². The fraction of sp³-hybridized carbons (Fsp3) is 0.476. The fourth-order valence-electron chi connectivity index (χ4n) is 3.65. The molecule has 2 heterocycles. The molecule has 1 aliphatic carbocycles. The molecule has 0 radical (unpaired) electrons. The van der Waals surface area contributed by atoms with Crippen LogP contribution in [0.5, 0.6) is 0 Å². The highest BCUT2D eigenvalue weighted by Gasteiger charge is 2.26. The normalized spacial score (nSPS) is 17.0. The number of rotatable bonds is 8. The number of thiophene rings is 1. The highest BCUT2D eigenvalue weighted by atomic mass is 35.5. The van der Waals surface area contributed by atoms with E-state index in [1.807, 2.05) is 17.4 Å². The second-order valence-corrected chi connectivity index (χ2v) is 8.39. The Labute approximate surface area is 183 Å². The molecule has 0 saturated heterocycles. The predicted octanol–water partition coefficient (Wildman–Crippen LogP) is 3.81. The number of nitrogens with one attached hydrogen (secondary N) is 2. The Morgan fingerprint density at radius 3 is 2.71 bits per heavy atom. The highest BCUT2D eigenvalue weighted by molar-refractivity contribution is 7.10. The summed E-state index contributed by atoms with van der Waals surface area (Å²) in [6, 6.07) is 13.0. The molecular weight excluding hydrogens is 413 g/mol. The molecular formula is C21H29Cl2N3OS. The number of hydrogen-bond acceptors (Lipinski definition) is 4. The number of amides is 1. The van der Waals surface area contributed by atoms with Crippen LogP contribution in [0.4, 0.5) is 0 Å². The van der Waals surface area contributed by atoms with Crippen molar-refractivity contribution in [3.63, 3.8) is 0 Å². The first-order valence-corrected chi connectivity index (χ1v) is 10.5. The molecule has 1 fully saturated rings. The van der Waals surface area contributed by atoms with Crippen LogP contribution >= 0.6 is 36.2 Å². The number of nitrogens with zero attached hydrogens (tertiary/aromatic N) is 1. The molecule has 2 aliphatic rings. The van der Waals surface area contributed by atoms with E-state index in [1.165, 1.54) is 28.8 Å². The zero-order chi connectivity index (χ0) is 17.8. The number of carbonyl (C=O) groups excluding carboxylic acids is 1. The van der Waals surface area contributed by atoms with Gasteiger partial charge in [0.1, 0.15) is 0 Å². The summed E-state index contributed by atoms with van der Waals surface area (Å²) >= 11 is 1.86. The lowest BCUT2D eigenvalue weighted by Gasteiger charge is -2.35. The van der Waals surface area contributed by atoms with E-state index in [2.05, 4.69) is 51.2 Å². The number of carbonyl (C=O) groups is 1. The van der Waals surface area contributed by atoms with Crippen LogP contribution in [-0.2, 0) is 17.8 Å². The topological polar surface area (TPSA) is 44.4 Å². The van der Waals surface area contributed by atoms with Gasteiger partial charge >= 0.3 is 0 Å². The van der Waals surface area contributed by atoms with Gasteiger partial charge in [-0.15, -0.1) is 36.2 Å². The maximum absolute atomic E-state index is 12.2. The van der Waals surface area contributed by atoms with Crippen LogP contribution in [-0.4, -0.2) is 37.0 Å². The van der Waals surface area contributed by atoms with E-state index < -0.39 is 0 Å². The number of halogens is 2. The lowest BCUT2D eigenvalue weighted by atomic mass is 10.0. The first-order chi connectivity index (χ1) is 12.8. The molecule has 4 rings (SSSR count). The van der Waals surface area contributed by atoms with Crippen LogP contribution in [0.1, 0.15) is 34.9 Å². The second kappa shape index (κ2) is 11.2. The van der Waals surface area contributed by atoms with Gasteiger partial charge in [-0.1, -0.05) is 30.3 Å². The molecule has 1 amide bonds. The summed E-state index contributed by atoms with van der Waals surface area (Å²) in [4.78, 5) is 16.2. The minimum atomic E-state index is 0. The van der Waals surface area contributed by atoms with Gasteiger partial charge in [-0.2, -0.15) is 0 Å². The van der Waals surface area contributed by atoms with E-state index in [4.69, 9.17) is 0 Å². The van der Waals surface area contributed by atoms with Crippen molar-refractivity contribution in [3.8, 4) is 0 Å². The van der Waals surface area contributed by atoms with Crippen molar-refractivity contribution >= 4 is 42.1 Å². The van der Waals surface area contributed by atoms with E-state index in [0.29, 0.717) is 13.1 Å². The van der Waals surface area contributed by atoms with Gasteiger partial charge in [0.05, 0.1) is 12.6 Å². The largest absolute Gasteiger partial charge is 0.353 e. The molecule has 0 bridgehead atoms. The van der Waals surface area contributed by atoms with E-state index in [0.717, 1.165) is 32.0 Å². The molecule has 28 heavy (non-hydrogen) atoms. The first kappa shape index (κ1) is 23.2. The zero-order valence-corrected chi connectivity index (χ0v) is 18.4. The van der Waals surface area contributed by atoms with E-state index in [9.17, 15) is 4.79 Å². The molecule has 1 aromatic heterocycles. The Hall–Kier alpha value is -1.11. The second-order valence-electron chi connectivity index (χ2n) is 7.39. The maximum atomic E-state index is 12.2. The molecule has 1 atom stereocenters. The van der Waals surface area contributed by atoms with Crippen molar-refractivity contribution in [2.45, 2.75) is 31.8 Å². The van der Waals surface area contributed by atoms with Crippen LogP contribution in [0.3, 0.4) is 0 Å².